The van der Waals surface area contributed by atoms with Crippen molar-refractivity contribution in [2.75, 3.05) is 13.2 Å². The molecule has 6 nitrogen and oxygen atoms in total. The van der Waals surface area contributed by atoms with Crippen molar-refractivity contribution < 1.29 is 28.6 Å². The van der Waals surface area contributed by atoms with Crippen LogP contribution in [0.25, 0.3) is 0 Å². The van der Waals surface area contributed by atoms with Crippen LogP contribution in [0.5, 0.6) is 0 Å². The zero-order chi connectivity index (χ0) is 50.0. The number of carbonyl (C=O) groups is 3. The first kappa shape index (κ1) is 65.1. The summed E-state index contributed by atoms with van der Waals surface area (Å²) in [4.78, 5) is 38.1. The minimum Gasteiger partial charge on any atom is -0.462 e. The predicted octanol–water partition coefficient (Wildman–Crippen LogP) is 19.1. The molecule has 6 heteroatoms. The molecule has 0 aliphatic rings. The van der Waals surface area contributed by atoms with E-state index in [9.17, 15) is 14.4 Å². The van der Waals surface area contributed by atoms with E-state index < -0.39 is 6.10 Å². The molecule has 0 saturated heterocycles. The summed E-state index contributed by atoms with van der Waals surface area (Å²) in [6.45, 7) is 6.43. The number of hydrogen-bond acceptors (Lipinski definition) is 6. The zero-order valence-electron chi connectivity index (χ0n) is 44.8. The molecule has 1 atom stereocenters. The van der Waals surface area contributed by atoms with Gasteiger partial charge in [-0.15, -0.1) is 0 Å². The van der Waals surface area contributed by atoms with Crippen LogP contribution in [0.4, 0.5) is 0 Å². The molecule has 69 heavy (non-hydrogen) atoms. The first-order chi connectivity index (χ1) is 34.0. The SMILES string of the molecule is CC/C=C\C/C=C\C/C=C\CCCCCCCCC(=O)OCC(COC(=O)CCCCCCC\C=C/C=C\C=C/CCCCCCC)OC(=O)CCC/C=C\C/C=C\C/C=C\CCCCCCCC. The van der Waals surface area contributed by atoms with Crippen LogP contribution in [0.3, 0.4) is 0 Å². The van der Waals surface area contributed by atoms with E-state index in [2.05, 4.69) is 130 Å². The molecule has 0 bridgehead atoms. The van der Waals surface area contributed by atoms with Crippen LogP contribution in [-0.2, 0) is 28.6 Å². The smallest absolute Gasteiger partial charge is 0.306 e. The summed E-state index contributed by atoms with van der Waals surface area (Å²) in [5.41, 5.74) is 0. The highest BCUT2D eigenvalue weighted by Gasteiger charge is 2.19. The molecule has 0 radical (unpaired) electrons. The van der Waals surface area contributed by atoms with Crippen LogP contribution in [-0.4, -0.2) is 37.2 Å². The van der Waals surface area contributed by atoms with Crippen molar-refractivity contribution in [1.29, 1.82) is 0 Å². The van der Waals surface area contributed by atoms with E-state index in [4.69, 9.17) is 14.2 Å². The van der Waals surface area contributed by atoms with Crippen molar-refractivity contribution >= 4 is 17.9 Å². The van der Waals surface area contributed by atoms with E-state index in [0.717, 1.165) is 116 Å². The third-order valence-corrected chi connectivity index (χ3v) is 11.8. The van der Waals surface area contributed by atoms with Crippen LogP contribution in [0.2, 0.25) is 0 Å². The fourth-order valence-corrected chi connectivity index (χ4v) is 7.53. The van der Waals surface area contributed by atoms with Gasteiger partial charge in [0.25, 0.3) is 0 Å². The first-order valence-electron chi connectivity index (χ1n) is 28.4. The second kappa shape index (κ2) is 56.7. The largest absolute Gasteiger partial charge is 0.462 e. The Bertz CT molecular complexity index is 1420. The second-order valence-corrected chi connectivity index (χ2v) is 18.5. The van der Waals surface area contributed by atoms with Crippen LogP contribution in [0, 0.1) is 0 Å². The highest BCUT2D eigenvalue weighted by atomic mass is 16.6. The molecular weight excluding hydrogens is 853 g/mol. The number of allylic oxidation sites excluding steroid dienone is 18. The lowest BCUT2D eigenvalue weighted by Crippen LogP contribution is -2.30. The van der Waals surface area contributed by atoms with Crippen molar-refractivity contribution in [2.45, 2.75) is 258 Å². The molecule has 0 aromatic carbocycles. The van der Waals surface area contributed by atoms with Gasteiger partial charge < -0.3 is 14.2 Å². The molecule has 0 amide bonds. The first-order valence-corrected chi connectivity index (χ1v) is 28.4. The Morgan fingerprint density at radius 1 is 0.319 bits per heavy atom. The third kappa shape index (κ3) is 54.9. The van der Waals surface area contributed by atoms with Gasteiger partial charge in [-0.3, -0.25) is 14.4 Å². The van der Waals surface area contributed by atoms with Crippen molar-refractivity contribution in [3.63, 3.8) is 0 Å². The second-order valence-electron chi connectivity index (χ2n) is 18.5. The standard InChI is InChI=1S/C63H104O6/c1-4-7-10-13-16-19-22-25-28-31-33-35-38-41-44-47-50-53-56-62(65)68-59-60(58-67-61(64)55-52-49-46-43-40-37-34-30-27-24-21-18-15-12-9-6-3)69-63(66)57-54-51-48-45-42-39-36-32-29-26-23-20-17-14-11-8-5-2/h9,12,18,21-22,25-31,33,35-36,39,45,48,60H,4-8,10-11,13-17,19-20,23-24,32,34,37-38,40-44,46-47,49-59H2,1-3H3/b12-9-,21-18-,25-22-,29-26-,30-27-,31-28-,35-33-,39-36-,48-45-. The summed E-state index contributed by atoms with van der Waals surface area (Å²) in [6.07, 6.45) is 76.5. The van der Waals surface area contributed by atoms with Crippen molar-refractivity contribution in [2.24, 2.45) is 0 Å². The molecular formula is C63H104O6. The molecule has 0 N–H and O–H groups in total. The molecule has 0 saturated carbocycles. The molecule has 0 aromatic heterocycles. The minimum absolute atomic E-state index is 0.113. The topological polar surface area (TPSA) is 78.9 Å². The van der Waals surface area contributed by atoms with Gasteiger partial charge in [-0.1, -0.05) is 233 Å². The summed E-state index contributed by atoms with van der Waals surface area (Å²) in [7, 11) is 0. The molecule has 0 aliphatic heterocycles. The summed E-state index contributed by atoms with van der Waals surface area (Å²) >= 11 is 0. The van der Waals surface area contributed by atoms with Gasteiger partial charge in [0, 0.05) is 19.3 Å². The van der Waals surface area contributed by atoms with Gasteiger partial charge in [-0.25, -0.2) is 0 Å². The summed E-state index contributed by atoms with van der Waals surface area (Å²) in [5, 5.41) is 0. The Morgan fingerprint density at radius 2 is 0.638 bits per heavy atom. The lowest BCUT2D eigenvalue weighted by atomic mass is 10.1. The average Bonchev–Trinajstić information content (AvgIpc) is 3.35. The van der Waals surface area contributed by atoms with Gasteiger partial charge in [0.2, 0.25) is 0 Å². The van der Waals surface area contributed by atoms with Gasteiger partial charge in [0.15, 0.2) is 6.10 Å². The summed E-state index contributed by atoms with van der Waals surface area (Å²) in [6, 6.07) is 0. The molecule has 0 rings (SSSR count). The highest BCUT2D eigenvalue weighted by Crippen LogP contribution is 2.13. The maximum Gasteiger partial charge on any atom is 0.306 e. The van der Waals surface area contributed by atoms with E-state index in [1.54, 1.807) is 0 Å². The summed E-state index contributed by atoms with van der Waals surface area (Å²) in [5.74, 6) is -0.999. The van der Waals surface area contributed by atoms with Crippen LogP contribution in [0.15, 0.2) is 109 Å². The third-order valence-electron chi connectivity index (χ3n) is 11.8. The van der Waals surface area contributed by atoms with E-state index in [-0.39, 0.29) is 37.5 Å². The normalized spacial score (nSPS) is 12.9. The number of hydrogen-bond donors (Lipinski definition) is 0. The van der Waals surface area contributed by atoms with Gasteiger partial charge >= 0.3 is 17.9 Å². The van der Waals surface area contributed by atoms with E-state index >= 15 is 0 Å². The average molecular weight is 958 g/mol. The number of esters is 3. The maximum atomic E-state index is 12.8. The number of ether oxygens (including phenoxy) is 3. The van der Waals surface area contributed by atoms with Gasteiger partial charge in [0.1, 0.15) is 13.2 Å². The van der Waals surface area contributed by atoms with Crippen LogP contribution >= 0.6 is 0 Å². The Kier molecular flexibility index (Phi) is 53.4. The van der Waals surface area contributed by atoms with E-state index in [1.807, 2.05) is 0 Å². The zero-order valence-corrected chi connectivity index (χ0v) is 44.8. The quantitative estimate of drug-likeness (QED) is 0.0199. The number of unbranched alkanes of at least 4 members (excludes halogenated alkanes) is 23. The van der Waals surface area contributed by atoms with Gasteiger partial charge in [-0.2, -0.15) is 0 Å². The Labute approximate surface area is 425 Å². The minimum atomic E-state index is -0.821. The Hall–Kier alpha value is -3.93. The molecule has 0 aliphatic carbocycles. The maximum absolute atomic E-state index is 12.8. The van der Waals surface area contributed by atoms with Crippen molar-refractivity contribution in [3.8, 4) is 0 Å². The molecule has 0 aromatic rings. The van der Waals surface area contributed by atoms with Crippen LogP contribution < -0.4 is 0 Å². The van der Waals surface area contributed by atoms with Gasteiger partial charge in [-0.05, 0) is 109 Å². The highest BCUT2D eigenvalue weighted by molar-refractivity contribution is 5.71. The number of carbonyl (C=O) groups excluding carboxylic acids is 3. The molecule has 392 valence electrons. The number of rotatable bonds is 50. The summed E-state index contributed by atoms with van der Waals surface area (Å²) < 4.78 is 16.8. The molecule has 1 unspecified atom stereocenters. The van der Waals surface area contributed by atoms with Crippen molar-refractivity contribution in [3.05, 3.63) is 109 Å². The Morgan fingerprint density at radius 3 is 1.04 bits per heavy atom. The van der Waals surface area contributed by atoms with E-state index in [1.165, 1.54) is 89.9 Å². The van der Waals surface area contributed by atoms with Crippen LogP contribution in [0.1, 0.15) is 252 Å². The van der Waals surface area contributed by atoms with Gasteiger partial charge in [0.05, 0.1) is 0 Å². The fourth-order valence-electron chi connectivity index (χ4n) is 7.53. The predicted molar refractivity (Wildman–Crippen MR) is 297 cm³/mol. The van der Waals surface area contributed by atoms with E-state index in [0.29, 0.717) is 19.3 Å². The Balaban J connectivity index is 4.54. The molecule has 0 spiro atoms. The van der Waals surface area contributed by atoms with Crippen molar-refractivity contribution in [1.82, 2.24) is 0 Å². The monoisotopic (exact) mass is 957 g/mol. The molecule has 0 heterocycles. The lowest BCUT2D eigenvalue weighted by molar-refractivity contribution is -0.167. The lowest BCUT2D eigenvalue weighted by Gasteiger charge is -2.18. The molecule has 0 fully saturated rings. The fraction of sp³-hybridized carbons (Fsp3) is 0.667.